The van der Waals surface area contributed by atoms with Gasteiger partial charge in [-0.05, 0) is 37.6 Å². The highest BCUT2D eigenvalue weighted by Crippen LogP contribution is 2.28. The molecule has 2 rings (SSSR count). The van der Waals surface area contributed by atoms with Crippen molar-refractivity contribution in [3.63, 3.8) is 0 Å². The van der Waals surface area contributed by atoms with E-state index in [1.807, 2.05) is 18.7 Å². The second kappa shape index (κ2) is 5.38. The lowest BCUT2D eigenvalue weighted by Gasteiger charge is -2.38. The second-order valence-corrected chi connectivity index (χ2v) is 6.16. The Morgan fingerprint density at radius 3 is 2.59 bits per heavy atom. The minimum Gasteiger partial charge on any atom is -0.342 e. The molecule has 1 saturated carbocycles. The predicted molar refractivity (Wildman–Crippen MR) is 69.7 cm³/mol. The third-order valence-electron chi connectivity index (χ3n) is 4.08. The Kier molecular flexibility index (Phi) is 4.08. The summed E-state index contributed by atoms with van der Waals surface area (Å²) in [4.78, 5) is 14.0. The number of carbonyl (C=O) groups excluding carboxylic acids is 1. The lowest BCUT2D eigenvalue weighted by molar-refractivity contribution is -0.136. The van der Waals surface area contributed by atoms with E-state index in [0.29, 0.717) is 17.9 Å². The first-order valence-corrected chi connectivity index (χ1v) is 7.10. The number of likely N-dealkylation sites (tertiary alicyclic amines) is 1. The first kappa shape index (κ1) is 12.9. The number of nitrogens with one attached hydrogen (secondary N) is 1. The zero-order valence-electron chi connectivity index (χ0n) is 11.4. The lowest BCUT2D eigenvalue weighted by Crippen LogP contribution is -2.51. The Hall–Kier alpha value is -0.570. The molecule has 17 heavy (non-hydrogen) atoms. The molecule has 1 amide bonds. The standard InChI is InChI=1S/C14H26N2O/c1-10(2)14(17)16-7-6-13(11(3)9-16)15-8-12-4-5-12/h10-13,15H,4-9H2,1-3H3. The first-order valence-electron chi connectivity index (χ1n) is 7.10. The number of nitrogens with zero attached hydrogens (tertiary/aromatic N) is 1. The average molecular weight is 238 g/mol. The van der Waals surface area contributed by atoms with Crippen molar-refractivity contribution in [3.05, 3.63) is 0 Å². The van der Waals surface area contributed by atoms with Gasteiger partial charge in [0.25, 0.3) is 0 Å². The highest BCUT2D eigenvalue weighted by atomic mass is 16.2. The summed E-state index contributed by atoms with van der Waals surface area (Å²) in [5.74, 6) is 1.98. The van der Waals surface area contributed by atoms with E-state index in [4.69, 9.17) is 0 Å². The van der Waals surface area contributed by atoms with Crippen molar-refractivity contribution in [2.75, 3.05) is 19.6 Å². The smallest absolute Gasteiger partial charge is 0.225 e. The molecule has 0 bridgehead atoms. The van der Waals surface area contributed by atoms with Gasteiger partial charge in [-0.15, -0.1) is 0 Å². The molecule has 98 valence electrons. The van der Waals surface area contributed by atoms with Gasteiger partial charge in [-0.3, -0.25) is 4.79 Å². The van der Waals surface area contributed by atoms with Crippen molar-refractivity contribution in [1.82, 2.24) is 10.2 Å². The number of piperidine rings is 1. The van der Waals surface area contributed by atoms with E-state index in [2.05, 4.69) is 12.2 Å². The van der Waals surface area contributed by atoms with Gasteiger partial charge in [0.1, 0.15) is 0 Å². The number of hydrogen-bond donors (Lipinski definition) is 1. The molecule has 0 radical (unpaired) electrons. The van der Waals surface area contributed by atoms with Gasteiger partial charge in [0, 0.05) is 25.0 Å². The Labute approximate surface area is 105 Å². The SMILES string of the molecule is CC(C)C(=O)N1CCC(NCC2CC2)C(C)C1. The van der Waals surface area contributed by atoms with E-state index in [0.717, 1.165) is 25.4 Å². The third kappa shape index (κ3) is 3.44. The molecule has 1 aliphatic heterocycles. The molecule has 0 aromatic heterocycles. The lowest BCUT2D eigenvalue weighted by atomic mass is 9.93. The molecule has 2 atom stereocenters. The van der Waals surface area contributed by atoms with E-state index in [1.54, 1.807) is 0 Å². The summed E-state index contributed by atoms with van der Waals surface area (Å²) in [7, 11) is 0. The van der Waals surface area contributed by atoms with Gasteiger partial charge in [0.2, 0.25) is 5.91 Å². The molecule has 0 spiro atoms. The van der Waals surface area contributed by atoms with Crippen LogP contribution in [0.2, 0.25) is 0 Å². The Balaban J connectivity index is 1.77. The zero-order chi connectivity index (χ0) is 12.4. The molecule has 0 aromatic rings. The molecule has 3 nitrogen and oxygen atoms in total. The van der Waals surface area contributed by atoms with Crippen LogP contribution in [0.25, 0.3) is 0 Å². The molecular weight excluding hydrogens is 212 g/mol. The highest BCUT2D eigenvalue weighted by molar-refractivity contribution is 5.78. The van der Waals surface area contributed by atoms with Crippen LogP contribution in [0.3, 0.4) is 0 Å². The van der Waals surface area contributed by atoms with E-state index >= 15 is 0 Å². The van der Waals surface area contributed by atoms with Crippen LogP contribution in [-0.2, 0) is 4.79 Å². The zero-order valence-corrected chi connectivity index (χ0v) is 11.4. The summed E-state index contributed by atoms with van der Waals surface area (Å²) in [6.45, 7) is 9.30. The first-order chi connectivity index (χ1) is 8.08. The topological polar surface area (TPSA) is 32.3 Å². The maximum absolute atomic E-state index is 11.9. The van der Waals surface area contributed by atoms with Crippen LogP contribution in [0.5, 0.6) is 0 Å². The minimum absolute atomic E-state index is 0.137. The number of amides is 1. The van der Waals surface area contributed by atoms with Crippen molar-refractivity contribution in [2.45, 2.75) is 46.1 Å². The molecule has 2 aliphatic rings. The van der Waals surface area contributed by atoms with Gasteiger partial charge < -0.3 is 10.2 Å². The van der Waals surface area contributed by atoms with Gasteiger partial charge in [-0.25, -0.2) is 0 Å². The van der Waals surface area contributed by atoms with E-state index in [9.17, 15) is 4.79 Å². The van der Waals surface area contributed by atoms with Gasteiger partial charge in [-0.1, -0.05) is 20.8 Å². The number of hydrogen-bond acceptors (Lipinski definition) is 2. The fourth-order valence-electron chi connectivity index (χ4n) is 2.65. The van der Waals surface area contributed by atoms with Gasteiger partial charge >= 0.3 is 0 Å². The molecule has 2 fully saturated rings. The molecule has 1 saturated heterocycles. The number of carbonyl (C=O) groups is 1. The molecule has 0 aromatic carbocycles. The molecular formula is C14H26N2O. The fourth-order valence-corrected chi connectivity index (χ4v) is 2.65. The minimum atomic E-state index is 0.137. The summed E-state index contributed by atoms with van der Waals surface area (Å²) in [6, 6.07) is 0.617. The largest absolute Gasteiger partial charge is 0.342 e. The van der Waals surface area contributed by atoms with Crippen molar-refractivity contribution in [2.24, 2.45) is 17.8 Å². The average Bonchev–Trinajstić information content (AvgIpc) is 3.10. The summed E-state index contributed by atoms with van der Waals surface area (Å²) in [5.41, 5.74) is 0. The number of rotatable bonds is 4. The fraction of sp³-hybridized carbons (Fsp3) is 0.929. The molecule has 1 aliphatic carbocycles. The van der Waals surface area contributed by atoms with Crippen LogP contribution < -0.4 is 5.32 Å². The van der Waals surface area contributed by atoms with Crippen molar-refractivity contribution >= 4 is 5.91 Å². The Morgan fingerprint density at radius 1 is 1.35 bits per heavy atom. The second-order valence-electron chi connectivity index (χ2n) is 6.16. The highest BCUT2D eigenvalue weighted by Gasteiger charge is 2.30. The maximum Gasteiger partial charge on any atom is 0.225 e. The van der Waals surface area contributed by atoms with Crippen molar-refractivity contribution in [1.29, 1.82) is 0 Å². The quantitative estimate of drug-likeness (QED) is 0.811. The molecule has 1 heterocycles. The van der Waals surface area contributed by atoms with Crippen LogP contribution in [-0.4, -0.2) is 36.5 Å². The molecule has 3 heteroatoms. The Bertz CT molecular complexity index is 273. The van der Waals surface area contributed by atoms with Gasteiger partial charge in [-0.2, -0.15) is 0 Å². The van der Waals surface area contributed by atoms with Crippen molar-refractivity contribution < 1.29 is 4.79 Å². The summed E-state index contributed by atoms with van der Waals surface area (Å²) in [6.07, 6.45) is 3.93. The Morgan fingerprint density at radius 2 is 2.06 bits per heavy atom. The van der Waals surface area contributed by atoms with Crippen LogP contribution in [0.4, 0.5) is 0 Å². The van der Waals surface area contributed by atoms with E-state index in [-0.39, 0.29) is 5.92 Å². The monoisotopic (exact) mass is 238 g/mol. The van der Waals surface area contributed by atoms with Crippen LogP contribution >= 0.6 is 0 Å². The molecule has 1 N–H and O–H groups in total. The molecule has 2 unspecified atom stereocenters. The van der Waals surface area contributed by atoms with Gasteiger partial charge in [0.15, 0.2) is 0 Å². The van der Waals surface area contributed by atoms with Crippen LogP contribution in [0.1, 0.15) is 40.0 Å². The van der Waals surface area contributed by atoms with E-state index < -0.39 is 0 Å². The normalized spacial score (nSPS) is 29.8. The van der Waals surface area contributed by atoms with Gasteiger partial charge in [0.05, 0.1) is 0 Å². The summed E-state index contributed by atoms with van der Waals surface area (Å²) < 4.78 is 0. The summed E-state index contributed by atoms with van der Waals surface area (Å²) >= 11 is 0. The van der Waals surface area contributed by atoms with Crippen LogP contribution in [0, 0.1) is 17.8 Å². The third-order valence-corrected chi connectivity index (χ3v) is 4.08. The maximum atomic E-state index is 11.9. The van der Waals surface area contributed by atoms with Crippen LogP contribution in [0.15, 0.2) is 0 Å². The van der Waals surface area contributed by atoms with E-state index in [1.165, 1.54) is 19.4 Å². The van der Waals surface area contributed by atoms with Crippen molar-refractivity contribution in [3.8, 4) is 0 Å². The summed E-state index contributed by atoms with van der Waals surface area (Å²) in [5, 5.41) is 3.68. The predicted octanol–water partition coefficient (Wildman–Crippen LogP) is 1.88.